The molecule has 0 bridgehead atoms. The number of hydrogen-bond donors (Lipinski definition) is 1. The number of rotatable bonds is 6. The number of aromatic nitrogens is 1. The minimum atomic E-state index is 0.0859. The van der Waals surface area contributed by atoms with Gasteiger partial charge in [-0.25, -0.2) is 0 Å². The molecular weight excluding hydrogens is 250 g/mol. The van der Waals surface area contributed by atoms with Crippen LogP contribution in [0.3, 0.4) is 0 Å². The molecule has 0 saturated heterocycles. The van der Waals surface area contributed by atoms with Crippen molar-refractivity contribution in [2.24, 2.45) is 0 Å². The Kier molecular flexibility index (Phi) is 4.53. The van der Waals surface area contributed by atoms with E-state index in [-0.39, 0.29) is 11.4 Å². The van der Waals surface area contributed by atoms with E-state index in [1.807, 2.05) is 17.2 Å². The summed E-state index contributed by atoms with van der Waals surface area (Å²) in [5.74, 6) is 0.239. The van der Waals surface area contributed by atoms with Crippen molar-refractivity contribution in [3.63, 3.8) is 0 Å². The third kappa shape index (κ3) is 4.10. The molecule has 112 valence electrons. The van der Waals surface area contributed by atoms with Gasteiger partial charge in [-0.1, -0.05) is 0 Å². The fourth-order valence-electron chi connectivity index (χ4n) is 2.38. The van der Waals surface area contributed by atoms with Crippen molar-refractivity contribution < 1.29 is 4.79 Å². The summed E-state index contributed by atoms with van der Waals surface area (Å²) in [6.07, 6.45) is 4.34. The van der Waals surface area contributed by atoms with Gasteiger partial charge in [0, 0.05) is 36.6 Å². The molecule has 0 aliphatic heterocycles. The van der Waals surface area contributed by atoms with Crippen molar-refractivity contribution in [2.45, 2.75) is 65.2 Å². The minimum absolute atomic E-state index is 0.0859. The molecule has 1 aliphatic rings. The second kappa shape index (κ2) is 6.00. The molecule has 4 nitrogen and oxygen atoms in total. The highest BCUT2D eigenvalue weighted by Gasteiger charge is 2.31. The lowest BCUT2D eigenvalue weighted by atomic mass is 10.1. The third-order valence-corrected chi connectivity index (χ3v) is 3.68. The van der Waals surface area contributed by atoms with Gasteiger partial charge in [0.05, 0.1) is 0 Å². The van der Waals surface area contributed by atoms with Gasteiger partial charge in [-0.15, -0.1) is 0 Å². The van der Waals surface area contributed by atoms with Gasteiger partial charge in [0.1, 0.15) is 6.54 Å². The van der Waals surface area contributed by atoms with E-state index in [2.05, 4.69) is 43.6 Å². The molecule has 1 amide bonds. The van der Waals surface area contributed by atoms with Gasteiger partial charge in [-0.05, 0) is 52.7 Å². The zero-order chi connectivity index (χ0) is 14.8. The fraction of sp³-hybridized carbons (Fsp3) is 0.688. The van der Waals surface area contributed by atoms with Crippen LogP contribution in [0.25, 0.3) is 0 Å². The Bertz CT molecular complexity index is 455. The number of hydrogen-bond acceptors (Lipinski definition) is 2. The van der Waals surface area contributed by atoms with E-state index in [4.69, 9.17) is 0 Å². The maximum atomic E-state index is 12.4. The predicted octanol–water partition coefficient (Wildman–Crippen LogP) is 2.39. The van der Waals surface area contributed by atoms with Gasteiger partial charge in [-0.3, -0.25) is 4.79 Å². The lowest BCUT2D eigenvalue weighted by Gasteiger charge is -2.23. The van der Waals surface area contributed by atoms with Crippen molar-refractivity contribution in [1.82, 2.24) is 14.8 Å². The molecule has 1 aliphatic carbocycles. The van der Waals surface area contributed by atoms with E-state index in [0.717, 1.165) is 13.1 Å². The number of amides is 1. The SMILES string of the molecule is CCN(C(=O)Cn1cccc1CNC(C)(C)C)C1CC1. The monoisotopic (exact) mass is 277 g/mol. The summed E-state index contributed by atoms with van der Waals surface area (Å²) < 4.78 is 2.06. The fourth-order valence-corrected chi connectivity index (χ4v) is 2.38. The maximum absolute atomic E-state index is 12.4. The molecule has 0 aromatic carbocycles. The van der Waals surface area contributed by atoms with Gasteiger partial charge in [0.2, 0.25) is 5.91 Å². The van der Waals surface area contributed by atoms with Crippen LogP contribution in [0.1, 0.15) is 46.2 Å². The molecule has 0 unspecified atom stereocenters. The average Bonchev–Trinajstić information content (AvgIpc) is 3.08. The Labute approximate surface area is 122 Å². The highest BCUT2D eigenvalue weighted by molar-refractivity contribution is 5.76. The summed E-state index contributed by atoms with van der Waals surface area (Å²) >= 11 is 0. The molecule has 2 rings (SSSR count). The largest absolute Gasteiger partial charge is 0.341 e. The van der Waals surface area contributed by atoms with Gasteiger partial charge >= 0.3 is 0 Å². The highest BCUT2D eigenvalue weighted by Crippen LogP contribution is 2.26. The summed E-state index contributed by atoms with van der Waals surface area (Å²) in [5, 5.41) is 3.47. The smallest absolute Gasteiger partial charge is 0.242 e. The standard InChI is InChI=1S/C16H27N3O/c1-5-19(13-8-9-13)15(20)12-18-10-6-7-14(18)11-17-16(2,3)4/h6-7,10,13,17H,5,8-9,11-12H2,1-4H3. The second-order valence-electron chi connectivity index (χ2n) is 6.64. The number of nitrogens with one attached hydrogen (secondary N) is 1. The molecule has 0 radical (unpaired) electrons. The molecule has 0 spiro atoms. The number of carbonyl (C=O) groups is 1. The van der Waals surface area contributed by atoms with E-state index < -0.39 is 0 Å². The second-order valence-corrected chi connectivity index (χ2v) is 6.64. The zero-order valence-electron chi connectivity index (χ0n) is 13.1. The molecular formula is C16H27N3O. The molecule has 1 heterocycles. The highest BCUT2D eigenvalue weighted by atomic mass is 16.2. The van der Waals surface area contributed by atoms with Crippen LogP contribution in [-0.4, -0.2) is 33.5 Å². The summed E-state index contributed by atoms with van der Waals surface area (Å²) in [5.41, 5.74) is 1.25. The topological polar surface area (TPSA) is 37.3 Å². The van der Waals surface area contributed by atoms with Crippen molar-refractivity contribution in [1.29, 1.82) is 0 Å². The summed E-state index contributed by atoms with van der Waals surface area (Å²) in [6.45, 7) is 10.6. The lowest BCUT2D eigenvalue weighted by molar-refractivity contribution is -0.132. The van der Waals surface area contributed by atoms with Crippen molar-refractivity contribution in [2.75, 3.05) is 6.54 Å². The first kappa shape index (κ1) is 15.1. The Morgan fingerprint density at radius 1 is 1.45 bits per heavy atom. The number of likely N-dealkylation sites (N-methyl/N-ethyl adjacent to an activating group) is 1. The van der Waals surface area contributed by atoms with Crippen LogP contribution in [0.4, 0.5) is 0 Å². The van der Waals surface area contributed by atoms with Gasteiger partial charge in [-0.2, -0.15) is 0 Å². The maximum Gasteiger partial charge on any atom is 0.242 e. The van der Waals surface area contributed by atoms with E-state index >= 15 is 0 Å². The average molecular weight is 277 g/mol. The van der Waals surface area contributed by atoms with Gasteiger partial charge in [0.25, 0.3) is 0 Å². The van der Waals surface area contributed by atoms with E-state index in [1.54, 1.807) is 0 Å². The summed E-state index contributed by atoms with van der Waals surface area (Å²) in [4.78, 5) is 14.4. The first-order valence-corrected chi connectivity index (χ1v) is 7.59. The van der Waals surface area contributed by atoms with E-state index in [0.29, 0.717) is 12.6 Å². The van der Waals surface area contributed by atoms with Crippen LogP contribution >= 0.6 is 0 Å². The van der Waals surface area contributed by atoms with Gasteiger partial charge < -0.3 is 14.8 Å². The van der Waals surface area contributed by atoms with Crippen LogP contribution in [0.2, 0.25) is 0 Å². The van der Waals surface area contributed by atoms with Crippen LogP contribution in [0.15, 0.2) is 18.3 Å². The molecule has 1 aromatic heterocycles. The minimum Gasteiger partial charge on any atom is -0.341 e. The normalized spacial score (nSPS) is 15.4. The molecule has 1 aromatic rings. The Morgan fingerprint density at radius 2 is 2.15 bits per heavy atom. The van der Waals surface area contributed by atoms with E-state index in [1.165, 1.54) is 18.5 Å². The van der Waals surface area contributed by atoms with E-state index in [9.17, 15) is 4.79 Å². The van der Waals surface area contributed by atoms with Gasteiger partial charge in [0.15, 0.2) is 0 Å². The number of nitrogens with zero attached hydrogens (tertiary/aromatic N) is 2. The van der Waals surface area contributed by atoms with Crippen LogP contribution < -0.4 is 5.32 Å². The molecule has 20 heavy (non-hydrogen) atoms. The molecule has 1 N–H and O–H groups in total. The van der Waals surface area contributed by atoms with Crippen molar-refractivity contribution in [3.05, 3.63) is 24.0 Å². The quantitative estimate of drug-likeness (QED) is 0.867. The van der Waals surface area contributed by atoms with Crippen LogP contribution in [-0.2, 0) is 17.9 Å². The molecule has 1 saturated carbocycles. The first-order chi connectivity index (χ1) is 9.40. The Balaban J connectivity index is 1.95. The lowest BCUT2D eigenvalue weighted by Crippen LogP contribution is -2.37. The molecule has 1 fully saturated rings. The third-order valence-electron chi connectivity index (χ3n) is 3.68. The Hall–Kier alpha value is -1.29. The molecule has 4 heteroatoms. The summed E-state index contributed by atoms with van der Waals surface area (Å²) in [7, 11) is 0. The van der Waals surface area contributed by atoms with Crippen LogP contribution in [0, 0.1) is 0 Å². The summed E-state index contributed by atoms with van der Waals surface area (Å²) in [6, 6.07) is 4.60. The predicted molar refractivity (Wildman–Crippen MR) is 81.4 cm³/mol. The van der Waals surface area contributed by atoms with Crippen molar-refractivity contribution in [3.8, 4) is 0 Å². The van der Waals surface area contributed by atoms with Crippen molar-refractivity contribution >= 4 is 5.91 Å². The Morgan fingerprint density at radius 3 is 2.70 bits per heavy atom. The van der Waals surface area contributed by atoms with Crippen LogP contribution in [0.5, 0.6) is 0 Å². The number of carbonyl (C=O) groups excluding carboxylic acids is 1. The first-order valence-electron chi connectivity index (χ1n) is 7.59. The molecule has 0 atom stereocenters. The zero-order valence-corrected chi connectivity index (χ0v) is 13.1.